The molecule has 0 spiro atoms. The van der Waals surface area contributed by atoms with Crippen molar-refractivity contribution < 1.29 is 9.59 Å². The topological polar surface area (TPSA) is 34.1 Å². The highest BCUT2D eigenvalue weighted by Gasteiger charge is 2.54. The van der Waals surface area contributed by atoms with Gasteiger partial charge >= 0.3 is 0 Å². The fourth-order valence-electron chi connectivity index (χ4n) is 7.43. The van der Waals surface area contributed by atoms with Crippen molar-refractivity contribution in [2.24, 2.45) is 40.9 Å². The van der Waals surface area contributed by atoms with Gasteiger partial charge in [0.05, 0.1) is 6.42 Å². The molecule has 0 radical (unpaired) electrons. The summed E-state index contributed by atoms with van der Waals surface area (Å²) in [4.78, 5) is 24.4. The molecule has 0 bridgehead atoms. The van der Waals surface area contributed by atoms with Crippen LogP contribution in [-0.2, 0) is 9.59 Å². The smallest absolute Gasteiger partial charge is 0.140 e. The molecule has 29 heavy (non-hydrogen) atoms. The molecule has 0 heterocycles. The van der Waals surface area contributed by atoms with Gasteiger partial charge in [-0.2, -0.15) is 0 Å². The summed E-state index contributed by atoms with van der Waals surface area (Å²) in [7, 11) is 0. The molecule has 3 aliphatic rings. The quantitative estimate of drug-likeness (QED) is 0.362. The molecule has 3 aliphatic carbocycles. The molecule has 0 unspecified atom stereocenters. The zero-order valence-electron chi connectivity index (χ0n) is 19.5. The zero-order chi connectivity index (χ0) is 21.2. The van der Waals surface area contributed by atoms with Crippen molar-refractivity contribution >= 4 is 11.6 Å². The van der Waals surface area contributed by atoms with E-state index < -0.39 is 0 Å². The molecular weight excluding hydrogens is 356 g/mol. The van der Waals surface area contributed by atoms with Crippen LogP contribution in [0.15, 0.2) is 12.2 Å². The minimum Gasteiger partial charge on any atom is -0.299 e. The maximum Gasteiger partial charge on any atom is 0.140 e. The number of carbonyl (C=O) groups is 2. The molecule has 0 aromatic rings. The SMILES string of the molecule is C=C1CCC(=O)CC(=O)CC[C@@H]2[C@@H]1CC[C@]1(C)[C@@H]([C@H](C)CCCC(C)C)CC[C@@H]21. The van der Waals surface area contributed by atoms with Crippen LogP contribution in [0.2, 0.25) is 0 Å². The third kappa shape index (κ3) is 5.05. The molecule has 2 heteroatoms. The van der Waals surface area contributed by atoms with E-state index in [4.69, 9.17) is 0 Å². The zero-order valence-corrected chi connectivity index (χ0v) is 19.5. The molecular formula is C27H44O2. The lowest BCUT2D eigenvalue weighted by Gasteiger charge is -2.51. The van der Waals surface area contributed by atoms with Gasteiger partial charge in [0.1, 0.15) is 11.6 Å². The van der Waals surface area contributed by atoms with E-state index in [9.17, 15) is 9.59 Å². The van der Waals surface area contributed by atoms with Crippen LogP contribution < -0.4 is 0 Å². The third-order valence-electron chi connectivity index (χ3n) is 9.04. The number of hydrogen-bond acceptors (Lipinski definition) is 2. The van der Waals surface area contributed by atoms with Gasteiger partial charge in [0.15, 0.2) is 0 Å². The Morgan fingerprint density at radius 1 is 0.966 bits per heavy atom. The normalized spacial score (nSPS) is 37.3. The van der Waals surface area contributed by atoms with Crippen molar-refractivity contribution in [1.29, 1.82) is 0 Å². The van der Waals surface area contributed by atoms with Crippen molar-refractivity contribution in [3.05, 3.63) is 12.2 Å². The largest absolute Gasteiger partial charge is 0.299 e. The maximum atomic E-state index is 12.3. The molecule has 164 valence electrons. The highest BCUT2D eigenvalue weighted by Crippen LogP contribution is 2.63. The van der Waals surface area contributed by atoms with E-state index in [1.165, 1.54) is 50.5 Å². The average molecular weight is 401 g/mol. The molecule has 3 fully saturated rings. The van der Waals surface area contributed by atoms with E-state index in [-0.39, 0.29) is 18.0 Å². The lowest BCUT2D eigenvalue weighted by molar-refractivity contribution is -0.127. The molecule has 2 nitrogen and oxygen atoms in total. The van der Waals surface area contributed by atoms with Crippen molar-refractivity contribution in [2.45, 2.75) is 105 Å². The minimum absolute atomic E-state index is 0.117. The van der Waals surface area contributed by atoms with Crippen LogP contribution in [0.5, 0.6) is 0 Å². The summed E-state index contributed by atoms with van der Waals surface area (Å²) >= 11 is 0. The van der Waals surface area contributed by atoms with Crippen LogP contribution in [0.3, 0.4) is 0 Å². The van der Waals surface area contributed by atoms with Gasteiger partial charge in [-0.25, -0.2) is 0 Å². The molecule has 0 saturated heterocycles. The summed E-state index contributed by atoms with van der Waals surface area (Å²) < 4.78 is 0. The summed E-state index contributed by atoms with van der Waals surface area (Å²) in [5.74, 6) is 4.61. The minimum atomic E-state index is 0.117. The summed E-state index contributed by atoms with van der Waals surface area (Å²) in [5.41, 5.74) is 1.73. The van der Waals surface area contributed by atoms with Gasteiger partial charge in [-0.3, -0.25) is 9.59 Å². The summed E-state index contributed by atoms with van der Waals surface area (Å²) in [6.45, 7) is 14.2. The first-order valence-corrected chi connectivity index (χ1v) is 12.4. The first-order chi connectivity index (χ1) is 13.7. The molecule has 3 rings (SSSR count). The summed E-state index contributed by atoms with van der Waals surface area (Å²) in [5, 5.41) is 0. The van der Waals surface area contributed by atoms with Gasteiger partial charge in [0, 0.05) is 12.8 Å². The molecule has 3 saturated carbocycles. The summed E-state index contributed by atoms with van der Waals surface area (Å²) in [6, 6.07) is 0. The van der Waals surface area contributed by atoms with Gasteiger partial charge in [-0.05, 0) is 79.4 Å². The van der Waals surface area contributed by atoms with Crippen molar-refractivity contribution in [3.63, 3.8) is 0 Å². The number of ketones is 2. The van der Waals surface area contributed by atoms with Gasteiger partial charge in [0.2, 0.25) is 0 Å². The van der Waals surface area contributed by atoms with E-state index in [1.807, 2.05) is 0 Å². The highest BCUT2D eigenvalue weighted by molar-refractivity contribution is 5.99. The van der Waals surface area contributed by atoms with Gasteiger partial charge in [0.25, 0.3) is 0 Å². The van der Waals surface area contributed by atoms with Crippen LogP contribution in [-0.4, -0.2) is 11.6 Å². The van der Waals surface area contributed by atoms with E-state index in [1.54, 1.807) is 0 Å². The standard InChI is InChI=1S/C27H44O2/c1-18(2)7-6-8-20(4)25-13-14-26-24-12-11-22(29)17-21(28)10-9-19(3)23(24)15-16-27(25,26)5/h18,20,23-26H,3,6-17H2,1-2,4-5H3/t20-,23-,24-,25-,26+,27-/m1/s1. The molecule has 0 aromatic heterocycles. The predicted molar refractivity (Wildman–Crippen MR) is 121 cm³/mol. The molecule has 0 amide bonds. The van der Waals surface area contributed by atoms with Crippen LogP contribution in [0, 0.1) is 40.9 Å². The van der Waals surface area contributed by atoms with E-state index in [0.29, 0.717) is 30.1 Å². The Bertz CT molecular complexity index is 618. The lowest BCUT2D eigenvalue weighted by atomic mass is 9.54. The fourth-order valence-corrected chi connectivity index (χ4v) is 7.43. The molecule has 0 aliphatic heterocycles. The Kier molecular flexibility index (Phi) is 7.44. The van der Waals surface area contributed by atoms with Crippen molar-refractivity contribution in [2.75, 3.05) is 0 Å². The number of hydrogen-bond donors (Lipinski definition) is 0. The van der Waals surface area contributed by atoms with Gasteiger partial charge in [-0.15, -0.1) is 0 Å². The fraction of sp³-hybridized carbons (Fsp3) is 0.852. The van der Waals surface area contributed by atoms with E-state index in [2.05, 4.69) is 34.3 Å². The Balaban J connectivity index is 1.73. The Morgan fingerprint density at radius 3 is 2.41 bits per heavy atom. The number of allylic oxidation sites excluding steroid dienone is 1. The van der Waals surface area contributed by atoms with Crippen LogP contribution in [0.1, 0.15) is 105 Å². The summed E-state index contributed by atoms with van der Waals surface area (Å²) in [6.07, 6.45) is 12.3. The lowest BCUT2D eigenvalue weighted by Crippen LogP contribution is -2.43. The first-order valence-electron chi connectivity index (χ1n) is 12.4. The number of rotatable bonds is 5. The second-order valence-electron chi connectivity index (χ2n) is 11.4. The monoisotopic (exact) mass is 400 g/mol. The maximum absolute atomic E-state index is 12.3. The molecule has 0 N–H and O–H groups in total. The number of carbonyl (C=O) groups excluding carboxylic acids is 2. The number of Topliss-reactive ketones (excluding diaryl/α,β-unsaturated/α-hetero) is 2. The van der Waals surface area contributed by atoms with Gasteiger partial charge in [-0.1, -0.05) is 59.1 Å². The van der Waals surface area contributed by atoms with Crippen LogP contribution in [0.25, 0.3) is 0 Å². The Morgan fingerprint density at radius 2 is 1.69 bits per heavy atom. The Hall–Kier alpha value is -0.920. The molecule has 0 aromatic carbocycles. The molecule has 6 atom stereocenters. The Labute approximate surface area is 179 Å². The van der Waals surface area contributed by atoms with Crippen molar-refractivity contribution in [1.82, 2.24) is 0 Å². The average Bonchev–Trinajstić information content (AvgIpc) is 3.00. The highest BCUT2D eigenvalue weighted by atomic mass is 16.1. The van der Waals surface area contributed by atoms with Crippen LogP contribution >= 0.6 is 0 Å². The van der Waals surface area contributed by atoms with Crippen molar-refractivity contribution in [3.8, 4) is 0 Å². The van der Waals surface area contributed by atoms with E-state index in [0.717, 1.165) is 36.5 Å². The number of fused-ring (bicyclic) bond motifs is 3. The second kappa shape index (κ2) is 9.48. The third-order valence-corrected chi connectivity index (χ3v) is 9.04. The van der Waals surface area contributed by atoms with E-state index >= 15 is 0 Å². The first kappa shape index (κ1) is 22.8. The second-order valence-corrected chi connectivity index (χ2v) is 11.4. The predicted octanol–water partition coefficient (Wildman–Crippen LogP) is 7.17. The van der Waals surface area contributed by atoms with Crippen LogP contribution in [0.4, 0.5) is 0 Å². The van der Waals surface area contributed by atoms with Gasteiger partial charge < -0.3 is 0 Å².